The highest BCUT2D eigenvalue weighted by atomic mass is 32.1. The summed E-state index contributed by atoms with van der Waals surface area (Å²) in [6.07, 6.45) is 1.64. The van der Waals surface area contributed by atoms with Crippen LogP contribution in [0.2, 0.25) is 0 Å². The molecule has 3 aromatic heterocycles. The summed E-state index contributed by atoms with van der Waals surface area (Å²) in [7, 11) is 0. The molecule has 1 aromatic carbocycles. The number of carbonyl (C=O) groups excluding carboxylic acids is 1. The lowest BCUT2D eigenvalue weighted by Gasteiger charge is -2.05. The van der Waals surface area contributed by atoms with Gasteiger partial charge < -0.3 is 11.1 Å². The Morgan fingerprint density at radius 3 is 2.65 bits per heavy atom. The van der Waals surface area contributed by atoms with Crippen molar-refractivity contribution in [2.75, 3.05) is 11.1 Å². The number of nitrogen functional groups attached to an aromatic ring is 1. The molecular formula is C20H16N4OS. The highest BCUT2D eigenvalue weighted by Gasteiger charge is 2.18. The van der Waals surface area contributed by atoms with Crippen LogP contribution in [0.25, 0.3) is 21.5 Å². The molecule has 0 radical (unpaired) electrons. The largest absolute Gasteiger partial charge is 0.397 e. The molecule has 128 valence electrons. The van der Waals surface area contributed by atoms with E-state index in [0.717, 1.165) is 27.0 Å². The molecule has 0 saturated carbocycles. The fourth-order valence-corrected chi connectivity index (χ4v) is 3.71. The van der Waals surface area contributed by atoms with E-state index >= 15 is 0 Å². The Labute approximate surface area is 154 Å². The topological polar surface area (TPSA) is 80.9 Å². The van der Waals surface area contributed by atoms with Gasteiger partial charge in [0.1, 0.15) is 15.5 Å². The highest BCUT2D eigenvalue weighted by molar-refractivity contribution is 7.21. The number of nitrogens with two attached hydrogens (primary N) is 1. The van der Waals surface area contributed by atoms with Crippen LogP contribution in [-0.2, 0) is 0 Å². The fraction of sp³-hybridized carbons (Fsp3) is 0.0500. The highest BCUT2D eigenvalue weighted by Crippen LogP contribution is 2.34. The zero-order valence-electron chi connectivity index (χ0n) is 14.1. The lowest BCUT2D eigenvalue weighted by molar-refractivity contribution is 0.103. The predicted octanol–water partition coefficient (Wildman–Crippen LogP) is 4.50. The van der Waals surface area contributed by atoms with Crippen LogP contribution in [0.15, 0.2) is 60.8 Å². The minimum atomic E-state index is -0.270. The van der Waals surface area contributed by atoms with Gasteiger partial charge in [0, 0.05) is 17.1 Å². The standard InChI is InChI=1S/C20H16N4OS/c1-12-6-5-11-22-18(12)24-19(25)17-16(21)14-9-10-15(23-20(14)26-17)13-7-3-2-4-8-13/h2-11H,21H2,1H3,(H,22,24,25). The van der Waals surface area contributed by atoms with E-state index in [1.165, 1.54) is 11.3 Å². The molecule has 0 spiro atoms. The van der Waals surface area contributed by atoms with Gasteiger partial charge >= 0.3 is 0 Å². The third-order valence-corrected chi connectivity index (χ3v) is 5.22. The monoisotopic (exact) mass is 360 g/mol. The number of amides is 1. The van der Waals surface area contributed by atoms with Crippen LogP contribution in [0.4, 0.5) is 11.5 Å². The number of anilines is 2. The summed E-state index contributed by atoms with van der Waals surface area (Å²) in [6.45, 7) is 1.89. The van der Waals surface area contributed by atoms with Gasteiger partial charge in [0.15, 0.2) is 0 Å². The Balaban J connectivity index is 1.71. The molecule has 3 N–H and O–H groups in total. The van der Waals surface area contributed by atoms with E-state index in [9.17, 15) is 4.79 Å². The molecule has 0 aliphatic heterocycles. The molecule has 5 nitrogen and oxygen atoms in total. The van der Waals surface area contributed by atoms with Gasteiger partial charge in [-0.25, -0.2) is 9.97 Å². The van der Waals surface area contributed by atoms with E-state index in [1.54, 1.807) is 6.20 Å². The van der Waals surface area contributed by atoms with Crippen LogP contribution in [-0.4, -0.2) is 15.9 Å². The Kier molecular flexibility index (Phi) is 4.10. The number of carbonyl (C=O) groups is 1. The first kappa shape index (κ1) is 16.2. The second-order valence-electron chi connectivity index (χ2n) is 5.88. The maximum Gasteiger partial charge on any atom is 0.269 e. The Bertz CT molecular complexity index is 1110. The van der Waals surface area contributed by atoms with Crippen LogP contribution in [0.3, 0.4) is 0 Å². The molecular weight excluding hydrogens is 344 g/mol. The smallest absolute Gasteiger partial charge is 0.269 e. The van der Waals surface area contributed by atoms with Crippen molar-refractivity contribution in [3.63, 3.8) is 0 Å². The second-order valence-corrected chi connectivity index (χ2v) is 6.88. The van der Waals surface area contributed by atoms with Gasteiger partial charge in [-0.1, -0.05) is 36.4 Å². The van der Waals surface area contributed by atoms with E-state index in [2.05, 4.69) is 15.3 Å². The van der Waals surface area contributed by atoms with Gasteiger partial charge in [-0.3, -0.25) is 4.79 Å². The van der Waals surface area contributed by atoms with Gasteiger partial charge in [0.2, 0.25) is 0 Å². The van der Waals surface area contributed by atoms with Crippen molar-refractivity contribution in [2.24, 2.45) is 0 Å². The van der Waals surface area contributed by atoms with Gasteiger partial charge in [0.25, 0.3) is 5.91 Å². The van der Waals surface area contributed by atoms with E-state index in [0.29, 0.717) is 16.4 Å². The lowest BCUT2D eigenvalue weighted by Crippen LogP contribution is -2.13. The molecule has 0 saturated heterocycles. The molecule has 1 amide bonds. The van der Waals surface area contributed by atoms with Crippen molar-refractivity contribution in [3.05, 3.63) is 71.2 Å². The minimum Gasteiger partial charge on any atom is -0.397 e. The van der Waals surface area contributed by atoms with Crippen LogP contribution >= 0.6 is 11.3 Å². The molecule has 0 bridgehead atoms. The normalized spacial score (nSPS) is 10.8. The average Bonchev–Trinajstić information content (AvgIpc) is 3.00. The molecule has 6 heteroatoms. The van der Waals surface area contributed by atoms with E-state index in [1.807, 2.05) is 61.5 Å². The predicted molar refractivity (Wildman–Crippen MR) is 106 cm³/mol. The molecule has 3 heterocycles. The van der Waals surface area contributed by atoms with Crippen LogP contribution in [0, 0.1) is 6.92 Å². The maximum absolute atomic E-state index is 12.7. The molecule has 0 atom stereocenters. The van der Waals surface area contributed by atoms with Crippen LogP contribution in [0.1, 0.15) is 15.2 Å². The van der Waals surface area contributed by atoms with Crippen molar-refractivity contribution in [2.45, 2.75) is 6.92 Å². The molecule has 0 unspecified atom stereocenters. The van der Waals surface area contributed by atoms with Crippen molar-refractivity contribution in [3.8, 4) is 11.3 Å². The maximum atomic E-state index is 12.7. The molecule has 4 aromatic rings. The van der Waals surface area contributed by atoms with Crippen LogP contribution < -0.4 is 11.1 Å². The Hall–Kier alpha value is -3.25. The van der Waals surface area contributed by atoms with E-state index in [4.69, 9.17) is 5.73 Å². The molecule has 0 aliphatic carbocycles. The number of nitrogens with zero attached hydrogens (tertiary/aromatic N) is 2. The first-order chi connectivity index (χ1) is 12.6. The Morgan fingerprint density at radius 2 is 1.88 bits per heavy atom. The number of aryl methyl sites for hydroxylation is 1. The van der Waals surface area contributed by atoms with Crippen LogP contribution in [0.5, 0.6) is 0 Å². The number of hydrogen-bond donors (Lipinski definition) is 2. The van der Waals surface area contributed by atoms with Gasteiger partial charge in [-0.05, 0) is 30.7 Å². The van der Waals surface area contributed by atoms with E-state index < -0.39 is 0 Å². The summed E-state index contributed by atoms with van der Waals surface area (Å²) in [6, 6.07) is 17.5. The van der Waals surface area contributed by atoms with E-state index in [-0.39, 0.29) is 5.91 Å². The first-order valence-electron chi connectivity index (χ1n) is 8.11. The lowest BCUT2D eigenvalue weighted by atomic mass is 10.1. The Morgan fingerprint density at radius 1 is 1.08 bits per heavy atom. The quantitative estimate of drug-likeness (QED) is 0.563. The number of rotatable bonds is 3. The molecule has 0 fully saturated rings. The van der Waals surface area contributed by atoms with Crippen molar-refractivity contribution in [1.29, 1.82) is 0 Å². The summed E-state index contributed by atoms with van der Waals surface area (Å²) in [5.41, 5.74) is 9.43. The SMILES string of the molecule is Cc1cccnc1NC(=O)c1sc2nc(-c3ccccc3)ccc2c1N. The number of pyridine rings is 2. The summed E-state index contributed by atoms with van der Waals surface area (Å²) in [4.78, 5) is 22.7. The third kappa shape index (κ3) is 2.91. The number of benzene rings is 1. The molecule has 26 heavy (non-hydrogen) atoms. The average molecular weight is 360 g/mol. The van der Waals surface area contributed by atoms with Crippen molar-refractivity contribution in [1.82, 2.24) is 9.97 Å². The number of nitrogens with one attached hydrogen (secondary N) is 1. The number of hydrogen-bond acceptors (Lipinski definition) is 5. The van der Waals surface area contributed by atoms with Crippen molar-refractivity contribution < 1.29 is 4.79 Å². The molecule has 4 rings (SSSR count). The minimum absolute atomic E-state index is 0.270. The summed E-state index contributed by atoms with van der Waals surface area (Å²) in [5.74, 6) is 0.265. The zero-order valence-corrected chi connectivity index (χ0v) is 14.9. The number of thiophene rings is 1. The zero-order chi connectivity index (χ0) is 18.1. The summed E-state index contributed by atoms with van der Waals surface area (Å²) in [5, 5.41) is 3.62. The van der Waals surface area contributed by atoms with Gasteiger partial charge in [-0.15, -0.1) is 11.3 Å². The van der Waals surface area contributed by atoms with Crippen molar-refractivity contribution >= 4 is 39.0 Å². The number of aromatic nitrogens is 2. The molecule has 0 aliphatic rings. The summed E-state index contributed by atoms with van der Waals surface area (Å²) < 4.78 is 0. The van der Waals surface area contributed by atoms with Gasteiger partial charge in [-0.2, -0.15) is 0 Å². The number of fused-ring (bicyclic) bond motifs is 1. The first-order valence-corrected chi connectivity index (χ1v) is 8.92. The third-order valence-electron chi connectivity index (χ3n) is 4.11. The fourth-order valence-electron chi connectivity index (χ4n) is 2.72. The second kappa shape index (κ2) is 6.57. The summed E-state index contributed by atoms with van der Waals surface area (Å²) >= 11 is 1.29. The van der Waals surface area contributed by atoms with Gasteiger partial charge in [0.05, 0.1) is 11.4 Å².